The summed E-state index contributed by atoms with van der Waals surface area (Å²) in [6.45, 7) is 6.82. The molecule has 0 saturated heterocycles. The van der Waals surface area contributed by atoms with Gasteiger partial charge in [-0.3, -0.25) is 9.69 Å². The molecule has 0 saturated carbocycles. The molecule has 0 unspecified atom stereocenters. The molecule has 0 fully saturated rings. The lowest BCUT2D eigenvalue weighted by atomic mass is 10.0. The van der Waals surface area contributed by atoms with Gasteiger partial charge < -0.3 is 5.11 Å². The molecule has 0 aliphatic heterocycles. The van der Waals surface area contributed by atoms with Crippen molar-refractivity contribution in [1.82, 2.24) is 4.90 Å². The van der Waals surface area contributed by atoms with E-state index in [2.05, 4.69) is 22.6 Å². The van der Waals surface area contributed by atoms with Crippen LogP contribution in [-0.2, 0) is 11.3 Å². The fourth-order valence-corrected chi connectivity index (χ4v) is 1.86. The van der Waals surface area contributed by atoms with Crippen molar-refractivity contribution in [2.45, 2.75) is 32.9 Å². The molecule has 0 aliphatic rings. The Morgan fingerprint density at radius 3 is 2.24 bits per heavy atom. The molecule has 0 amide bonds. The molecule has 17 heavy (non-hydrogen) atoms. The SMILES string of the molecule is CC(C)(C)N(CC(=O)O)Cc1ccc(I)cc1. The number of carboxylic acids is 1. The van der Waals surface area contributed by atoms with E-state index in [0.717, 1.165) is 5.56 Å². The summed E-state index contributed by atoms with van der Waals surface area (Å²) in [7, 11) is 0. The molecule has 0 radical (unpaired) electrons. The Kier molecular flexibility index (Phi) is 4.94. The van der Waals surface area contributed by atoms with Gasteiger partial charge in [0.25, 0.3) is 0 Å². The van der Waals surface area contributed by atoms with E-state index >= 15 is 0 Å². The van der Waals surface area contributed by atoms with Gasteiger partial charge in [0.05, 0.1) is 6.54 Å². The minimum Gasteiger partial charge on any atom is -0.480 e. The lowest BCUT2D eigenvalue weighted by molar-refractivity contribution is -0.139. The Morgan fingerprint density at radius 2 is 1.82 bits per heavy atom. The third kappa shape index (κ3) is 5.04. The maximum absolute atomic E-state index is 10.9. The normalized spacial score (nSPS) is 11.8. The maximum Gasteiger partial charge on any atom is 0.317 e. The molecule has 3 nitrogen and oxygen atoms in total. The molecule has 1 N–H and O–H groups in total. The molecule has 0 bridgehead atoms. The summed E-state index contributed by atoms with van der Waals surface area (Å²) in [5.74, 6) is -0.787. The monoisotopic (exact) mass is 347 g/mol. The molecule has 0 aliphatic carbocycles. The van der Waals surface area contributed by atoms with E-state index in [4.69, 9.17) is 5.11 Å². The van der Waals surface area contributed by atoms with Crippen LogP contribution >= 0.6 is 22.6 Å². The largest absolute Gasteiger partial charge is 0.480 e. The van der Waals surface area contributed by atoms with Crippen molar-refractivity contribution in [3.63, 3.8) is 0 Å². The average molecular weight is 347 g/mol. The third-order valence-electron chi connectivity index (χ3n) is 2.56. The van der Waals surface area contributed by atoms with Crippen molar-refractivity contribution in [2.24, 2.45) is 0 Å². The van der Waals surface area contributed by atoms with E-state index in [1.807, 2.05) is 49.9 Å². The van der Waals surface area contributed by atoms with Crippen LogP contribution in [0.1, 0.15) is 26.3 Å². The highest BCUT2D eigenvalue weighted by atomic mass is 127. The van der Waals surface area contributed by atoms with Crippen molar-refractivity contribution < 1.29 is 9.90 Å². The van der Waals surface area contributed by atoms with Crippen LogP contribution in [0.5, 0.6) is 0 Å². The zero-order chi connectivity index (χ0) is 13.1. The summed E-state index contributed by atoms with van der Waals surface area (Å²) < 4.78 is 1.19. The zero-order valence-electron chi connectivity index (χ0n) is 10.4. The van der Waals surface area contributed by atoms with E-state index < -0.39 is 5.97 Å². The molecule has 0 spiro atoms. The molecule has 1 aromatic carbocycles. The van der Waals surface area contributed by atoms with Crippen LogP contribution < -0.4 is 0 Å². The predicted octanol–water partition coefficient (Wildman–Crippen LogP) is 2.98. The number of benzene rings is 1. The zero-order valence-corrected chi connectivity index (χ0v) is 12.6. The molecule has 0 heterocycles. The van der Waals surface area contributed by atoms with Gasteiger partial charge in [-0.25, -0.2) is 0 Å². The molecule has 0 atom stereocenters. The average Bonchev–Trinajstić information content (AvgIpc) is 2.18. The highest BCUT2D eigenvalue weighted by molar-refractivity contribution is 14.1. The summed E-state index contributed by atoms with van der Waals surface area (Å²) in [6.07, 6.45) is 0. The van der Waals surface area contributed by atoms with Crippen LogP contribution in [0.2, 0.25) is 0 Å². The summed E-state index contributed by atoms with van der Waals surface area (Å²) in [5, 5.41) is 8.93. The van der Waals surface area contributed by atoms with Crippen LogP contribution in [0.15, 0.2) is 24.3 Å². The first-order valence-corrected chi connectivity index (χ1v) is 6.58. The summed E-state index contributed by atoms with van der Waals surface area (Å²) in [6, 6.07) is 8.17. The maximum atomic E-state index is 10.9. The van der Waals surface area contributed by atoms with Crippen molar-refractivity contribution >= 4 is 28.6 Å². The number of rotatable bonds is 4. The van der Waals surface area contributed by atoms with Crippen molar-refractivity contribution in [2.75, 3.05) is 6.54 Å². The quantitative estimate of drug-likeness (QED) is 0.852. The minimum absolute atomic E-state index is 0.0650. The highest BCUT2D eigenvalue weighted by Crippen LogP contribution is 2.17. The van der Waals surface area contributed by atoms with Crippen LogP contribution in [0.3, 0.4) is 0 Å². The van der Waals surface area contributed by atoms with Crippen LogP contribution in [0.25, 0.3) is 0 Å². The second-order valence-corrected chi connectivity index (χ2v) is 6.29. The lowest BCUT2D eigenvalue weighted by Crippen LogP contribution is -2.43. The van der Waals surface area contributed by atoms with Crippen molar-refractivity contribution in [3.8, 4) is 0 Å². The number of aliphatic carboxylic acids is 1. The second-order valence-electron chi connectivity index (χ2n) is 5.05. The van der Waals surface area contributed by atoms with Gasteiger partial charge in [-0.2, -0.15) is 0 Å². The fraction of sp³-hybridized carbons (Fsp3) is 0.462. The standard InChI is InChI=1S/C13H18INO2/c1-13(2,3)15(9-12(16)17)8-10-4-6-11(14)7-5-10/h4-7H,8-9H2,1-3H3,(H,16,17). The number of carbonyl (C=O) groups is 1. The van der Waals surface area contributed by atoms with E-state index in [1.54, 1.807) is 0 Å². The molecule has 1 aromatic rings. The molecular weight excluding hydrogens is 329 g/mol. The minimum atomic E-state index is -0.787. The molecule has 0 aromatic heterocycles. The number of carboxylic acid groups (broad SMARTS) is 1. The van der Waals surface area contributed by atoms with Gasteiger partial charge in [0.15, 0.2) is 0 Å². The van der Waals surface area contributed by atoms with Gasteiger partial charge in [0, 0.05) is 15.7 Å². The Bertz CT molecular complexity index is 381. The van der Waals surface area contributed by atoms with Crippen molar-refractivity contribution in [3.05, 3.63) is 33.4 Å². The first kappa shape index (κ1) is 14.4. The smallest absolute Gasteiger partial charge is 0.317 e. The molecular formula is C13H18INO2. The summed E-state index contributed by atoms with van der Waals surface area (Å²) in [4.78, 5) is 12.8. The predicted molar refractivity (Wildman–Crippen MR) is 77.0 cm³/mol. The van der Waals surface area contributed by atoms with Gasteiger partial charge in [0.1, 0.15) is 0 Å². The Morgan fingerprint density at radius 1 is 1.29 bits per heavy atom. The lowest BCUT2D eigenvalue weighted by Gasteiger charge is -2.34. The van der Waals surface area contributed by atoms with Gasteiger partial charge in [0.2, 0.25) is 0 Å². The Labute approximate surface area is 116 Å². The fourth-order valence-electron chi connectivity index (χ4n) is 1.50. The van der Waals surface area contributed by atoms with E-state index in [9.17, 15) is 4.79 Å². The van der Waals surface area contributed by atoms with Gasteiger partial charge in [-0.1, -0.05) is 12.1 Å². The van der Waals surface area contributed by atoms with Crippen LogP contribution in [0.4, 0.5) is 0 Å². The van der Waals surface area contributed by atoms with Crippen LogP contribution in [-0.4, -0.2) is 28.1 Å². The van der Waals surface area contributed by atoms with Gasteiger partial charge in [-0.05, 0) is 61.1 Å². The highest BCUT2D eigenvalue weighted by Gasteiger charge is 2.23. The first-order chi connectivity index (χ1) is 7.79. The summed E-state index contributed by atoms with van der Waals surface area (Å²) >= 11 is 2.26. The number of hydrogen-bond donors (Lipinski definition) is 1. The molecule has 1 rings (SSSR count). The van der Waals surface area contributed by atoms with Gasteiger partial charge >= 0.3 is 5.97 Å². The van der Waals surface area contributed by atoms with Crippen molar-refractivity contribution in [1.29, 1.82) is 0 Å². The molecule has 94 valence electrons. The topological polar surface area (TPSA) is 40.5 Å². The molecule has 4 heteroatoms. The Balaban J connectivity index is 2.79. The van der Waals surface area contributed by atoms with E-state index in [-0.39, 0.29) is 12.1 Å². The first-order valence-electron chi connectivity index (χ1n) is 5.50. The number of nitrogens with zero attached hydrogens (tertiary/aromatic N) is 1. The third-order valence-corrected chi connectivity index (χ3v) is 3.28. The Hall–Kier alpha value is -0.620. The second kappa shape index (κ2) is 5.82. The number of hydrogen-bond acceptors (Lipinski definition) is 2. The summed E-state index contributed by atoms with van der Waals surface area (Å²) in [5.41, 5.74) is 0.989. The van der Waals surface area contributed by atoms with Crippen LogP contribution in [0, 0.1) is 3.57 Å². The van der Waals surface area contributed by atoms with Gasteiger partial charge in [-0.15, -0.1) is 0 Å². The van der Waals surface area contributed by atoms with E-state index in [0.29, 0.717) is 6.54 Å². The van der Waals surface area contributed by atoms with E-state index in [1.165, 1.54) is 3.57 Å². The number of halogens is 1.